The molecule has 1 aromatic heterocycles. The molecule has 78 valence electrons. The zero-order valence-electron chi connectivity index (χ0n) is 8.83. The second kappa shape index (κ2) is 4.94. The third-order valence-electron chi connectivity index (χ3n) is 2.98. The van der Waals surface area contributed by atoms with Crippen LogP contribution in [0.25, 0.3) is 0 Å². The summed E-state index contributed by atoms with van der Waals surface area (Å²) >= 11 is 1.78. The minimum atomic E-state index is 0.528. The summed E-state index contributed by atoms with van der Waals surface area (Å²) in [6.07, 6.45) is 5.75. The van der Waals surface area contributed by atoms with Gasteiger partial charge in [-0.1, -0.05) is 12.8 Å². The molecular formula is C12H19NS. The standard InChI is InChI=1S/C12H19NS/c1-10(12-6-8-14-9-12)13-7-2-3-11-4-5-11/h6,8-11,13H,2-5,7H2,1H3. The van der Waals surface area contributed by atoms with E-state index in [1.165, 1.54) is 37.8 Å². The van der Waals surface area contributed by atoms with Crippen molar-refractivity contribution in [3.8, 4) is 0 Å². The average Bonchev–Trinajstić information content (AvgIpc) is 2.84. The van der Waals surface area contributed by atoms with E-state index in [1.807, 2.05) is 0 Å². The van der Waals surface area contributed by atoms with Gasteiger partial charge in [0.25, 0.3) is 0 Å². The van der Waals surface area contributed by atoms with E-state index < -0.39 is 0 Å². The van der Waals surface area contributed by atoms with Gasteiger partial charge in [0.15, 0.2) is 0 Å². The van der Waals surface area contributed by atoms with Crippen LogP contribution >= 0.6 is 11.3 Å². The van der Waals surface area contributed by atoms with Crippen LogP contribution in [0.15, 0.2) is 16.8 Å². The molecule has 1 nitrogen and oxygen atoms in total. The van der Waals surface area contributed by atoms with Crippen LogP contribution in [0.1, 0.15) is 44.2 Å². The second-order valence-electron chi connectivity index (χ2n) is 4.32. The van der Waals surface area contributed by atoms with E-state index in [0.29, 0.717) is 6.04 Å². The van der Waals surface area contributed by atoms with Crippen molar-refractivity contribution in [3.63, 3.8) is 0 Å². The quantitative estimate of drug-likeness (QED) is 0.706. The fraction of sp³-hybridized carbons (Fsp3) is 0.667. The number of nitrogens with one attached hydrogen (secondary N) is 1. The SMILES string of the molecule is CC(NCCCC1CC1)c1ccsc1. The van der Waals surface area contributed by atoms with Gasteiger partial charge in [-0.25, -0.2) is 0 Å². The summed E-state index contributed by atoms with van der Waals surface area (Å²) in [5.74, 6) is 1.08. The molecule has 0 aromatic carbocycles. The van der Waals surface area contributed by atoms with Gasteiger partial charge in [0.05, 0.1) is 0 Å². The highest BCUT2D eigenvalue weighted by atomic mass is 32.1. The van der Waals surface area contributed by atoms with Crippen molar-refractivity contribution in [1.82, 2.24) is 5.32 Å². The molecule has 2 rings (SSSR count). The van der Waals surface area contributed by atoms with Crippen molar-refractivity contribution >= 4 is 11.3 Å². The number of hydrogen-bond acceptors (Lipinski definition) is 2. The lowest BCUT2D eigenvalue weighted by Gasteiger charge is -2.11. The molecule has 0 bridgehead atoms. The summed E-state index contributed by atoms with van der Waals surface area (Å²) in [4.78, 5) is 0. The molecule has 1 aliphatic carbocycles. The topological polar surface area (TPSA) is 12.0 Å². The lowest BCUT2D eigenvalue weighted by molar-refractivity contribution is 0.534. The van der Waals surface area contributed by atoms with Crippen LogP contribution in [0.5, 0.6) is 0 Å². The van der Waals surface area contributed by atoms with Gasteiger partial charge in [-0.3, -0.25) is 0 Å². The lowest BCUT2D eigenvalue weighted by Crippen LogP contribution is -2.19. The highest BCUT2D eigenvalue weighted by Crippen LogP contribution is 2.33. The molecule has 1 aliphatic rings. The third kappa shape index (κ3) is 3.10. The van der Waals surface area contributed by atoms with Crippen LogP contribution in [0, 0.1) is 5.92 Å². The summed E-state index contributed by atoms with van der Waals surface area (Å²) < 4.78 is 0. The largest absolute Gasteiger partial charge is 0.310 e. The monoisotopic (exact) mass is 209 g/mol. The van der Waals surface area contributed by atoms with Gasteiger partial charge in [0.2, 0.25) is 0 Å². The molecule has 1 N–H and O–H groups in total. The van der Waals surface area contributed by atoms with Gasteiger partial charge in [-0.15, -0.1) is 0 Å². The predicted octanol–water partition coefficient (Wildman–Crippen LogP) is 3.59. The van der Waals surface area contributed by atoms with Gasteiger partial charge in [0, 0.05) is 6.04 Å². The first-order valence-corrected chi connectivity index (χ1v) is 6.56. The highest BCUT2D eigenvalue weighted by molar-refractivity contribution is 7.07. The zero-order valence-corrected chi connectivity index (χ0v) is 9.65. The Kier molecular flexibility index (Phi) is 3.60. The smallest absolute Gasteiger partial charge is 0.0300 e. The molecule has 0 aliphatic heterocycles. The molecular weight excluding hydrogens is 190 g/mol. The van der Waals surface area contributed by atoms with E-state index in [2.05, 4.69) is 29.1 Å². The summed E-state index contributed by atoms with van der Waals surface area (Å²) in [6, 6.07) is 2.74. The molecule has 0 saturated heterocycles. The Morgan fingerprint density at radius 3 is 3.07 bits per heavy atom. The Morgan fingerprint density at radius 1 is 1.57 bits per heavy atom. The summed E-state index contributed by atoms with van der Waals surface area (Å²) in [7, 11) is 0. The molecule has 1 aromatic rings. The molecule has 0 amide bonds. The predicted molar refractivity (Wildman–Crippen MR) is 62.7 cm³/mol. The van der Waals surface area contributed by atoms with Crippen LogP contribution in [0.4, 0.5) is 0 Å². The maximum Gasteiger partial charge on any atom is 0.0300 e. The van der Waals surface area contributed by atoms with Crippen molar-refractivity contribution in [3.05, 3.63) is 22.4 Å². The van der Waals surface area contributed by atoms with Gasteiger partial charge in [-0.2, -0.15) is 11.3 Å². The molecule has 1 saturated carbocycles. The first kappa shape index (κ1) is 10.2. The Morgan fingerprint density at radius 2 is 2.43 bits per heavy atom. The Hall–Kier alpha value is -0.340. The van der Waals surface area contributed by atoms with Gasteiger partial charge in [-0.05, 0) is 54.6 Å². The third-order valence-corrected chi connectivity index (χ3v) is 3.68. The summed E-state index contributed by atoms with van der Waals surface area (Å²) in [5.41, 5.74) is 1.43. The molecule has 0 radical (unpaired) electrons. The molecule has 1 atom stereocenters. The molecule has 2 heteroatoms. The van der Waals surface area contributed by atoms with Crippen molar-refractivity contribution in [2.75, 3.05) is 6.54 Å². The van der Waals surface area contributed by atoms with Gasteiger partial charge >= 0.3 is 0 Å². The number of thiophene rings is 1. The van der Waals surface area contributed by atoms with Crippen LogP contribution in [-0.4, -0.2) is 6.54 Å². The molecule has 14 heavy (non-hydrogen) atoms. The first-order valence-electron chi connectivity index (χ1n) is 5.62. The maximum absolute atomic E-state index is 3.57. The average molecular weight is 209 g/mol. The summed E-state index contributed by atoms with van der Waals surface area (Å²) in [6.45, 7) is 3.42. The fourth-order valence-corrected chi connectivity index (χ4v) is 2.51. The number of rotatable bonds is 6. The minimum Gasteiger partial charge on any atom is -0.310 e. The van der Waals surface area contributed by atoms with E-state index in [0.717, 1.165) is 5.92 Å². The normalized spacial score (nSPS) is 18.4. The van der Waals surface area contributed by atoms with Crippen molar-refractivity contribution in [2.45, 2.75) is 38.6 Å². The zero-order chi connectivity index (χ0) is 9.80. The van der Waals surface area contributed by atoms with Crippen LogP contribution in [-0.2, 0) is 0 Å². The molecule has 1 heterocycles. The van der Waals surface area contributed by atoms with Gasteiger partial charge in [0.1, 0.15) is 0 Å². The number of hydrogen-bond donors (Lipinski definition) is 1. The fourth-order valence-electron chi connectivity index (χ4n) is 1.76. The van der Waals surface area contributed by atoms with Crippen molar-refractivity contribution in [2.24, 2.45) is 5.92 Å². The van der Waals surface area contributed by atoms with Crippen molar-refractivity contribution in [1.29, 1.82) is 0 Å². The van der Waals surface area contributed by atoms with E-state index in [-0.39, 0.29) is 0 Å². The molecule has 1 unspecified atom stereocenters. The molecule has 0 spiro atoms. The van der Waals surface area contributed by atoms with E-state index in [4.69, 9.17) is 0 Å². The second-order valence-corrected chi connectivity index (χ2v) is 5.10. The van der Waals surface area contributed by atoms with Crippen LogP contribution in [0.3, 0.4) is 0 Å². The maximum atomic E-state index is 3.57. The minimum absolute atomic E-state index is 0.528. The van der Waals surface area contributed by atoms with E-state index in [9.17, 15) is 0 Å². The van der Waals surface area contributed by atoms with E-state index >= 15 is 0 Å². The Bertz CT molecular complexity index is 251. The summed E-state index contributed by atoms with van der Waals surface area (Å²) in [5, 5.41) is 7.96. The first-order chi connectivity index (χ1) is 6.86. The van der Waals surface area contributed by atoms with E-state index in [1.54, 1.807) is 11.3 Å². The van der Waals surface area contributed by atoms with Crippen LogP contribution in [0.2, 0.25) is 0 Å². The molecule has 1 fully saturated rings. The lowest BCUT2D eigenvalue weighted by atomic mass is 10.1. The Balaban J connectivity index is 1.59. The van der Waals surface area contributed by atoms with Crippen molar-refractivity contribution < 1.29 is 0 Å². The highest BCUT2D eigenvalue weighted by Gasteiger charge is 2.20. The van der Waals surface area contributed by atoms with Crippen LogP contribution < -0.4 is 5.32 Å². The van der Waals surface area contributed by atoms with Gasteiger partial charge < -0.3 is 5.32 Å². The Labute approximate surface area is 90.5 Å².